The standard InChI is InChI=1S/C18H15ClFN3O3/c19-14-8-12(5-6-15(14)20)26-10-18(25)23-22-17(24)7-11-9-21-16-4-2-1-3-13(11)16/h1-6,8-9,21H,7,10H2,(H,22,24)(H,23,25). The van der Waals surface area contributed by atoms with Gasteiger partial charge in [-0.25, -0.2) is 4.39 Å². The Kier molecular flexibility index (Phi) is 5.38. The fourth-order valence-electron chi connectivity index (χ4n) is 2.39. The molecule has 0 aliphatic heterocycles. The summed E-state index contributed by atoms with van der Waals surface area (Å²) in [6.45, 7) is -0.352. The van der Waals surface area contributed by atoms with Crippen LogP contribution in [0.15, 0.2) is 48.7 Å². The number of halogens is 2. The third kappa shape index (κ3) is 4.31. The van der Waals surface area contributed by atoms with Gasteiger partial charge in [0, 0.05) is 23.2 Å². The Balaban J connectivity index is 1.46. The molecule has 2 aromatic carbocycles. The van der Waals surface area contributed by atoms with Crippen molar-refractivity contribution in [2.24, 2.45) is 0 Å². The summed E-state index contributed by atoms with van der Waals surface area (Å²) in [5.41, 5.74) is 6.34. The van der Waals surface area contributed by atoms with Crippen molar-refractivity contribution in [2.75, 3.05) is 6.61 Å². The molecule has 3 aromatic rings. The van der Waals surface area contributed by atoms with Crippen LogP contribution in [0.1, 0.15) is 5.56 Å². The molecule has 0 saturated carbocycles. The van der Waals surface area contributed by atoms with E-state index in [4.69, 9.17) is 16.3 Å². The van der Waals surface area contributed by atoms with Crippen LogP contribution in [0.25, 0.3) is 10.9 Å². The maximum Gasteiger partial charge on any atom is 0.276 e. The van der Waals surface area contributed by atoms with Crippen molar-refractivity contribution >= 4 is 34.3 Å². The molecule has 0 unspecified atom stereocenters. The Labute approximate surface area is 153 Å². The van der Waals surface area contributed by atoms with Crippen LogP contribution in [-0.4, -0.2) is 23.4 Å². The normalized spacial score (nSPS) is 10.5. The second kappa shape index (κ2) is 7.88. The molecule has 6 nitrogen and oxygen atoms in total. The van der Waals surface area contributed by atoms with Gasteiger partial charge < -0.3 is 9.72 Å². The van der Waals surface area contributed by atoms with Crippen LogP contribution >= 0.6 is 11.6 Å². The van der Waals surface area contributed by atoms with Crippen molar-refractivity contribution in [3.8, 4) is 5.75 Å². The topological polar surface area (TPSA) is 83.2 Å². The number of nitrogens with one attached hydrogen (secondary N) is 3. The Morgan fingerprint density at radius 2 is 1.88 bits per heavy atom. The summed E-state index contributed by atoms with van der Waals surface area (Å²) >= 11 is 5.63. The van der Waals surface area contributed by atoms with Crippen molar-refractivity contribution in [1.82, 2.24) is 15.8 Å². The molecule has 0 aliphatic rings. The van der Waals surface area contributed by atoms with Gasteiger partial charge in [-0.15, -0.1) is 0 Å². The Morgan fingerprint density at radius 1 is 1.12 bits per heavy atom. The number of hydrogen-bond acceptors (Lipinski definition) is 3. The van der Waals surface area contributed by atoms with E-state index in [2.05, 4.69) is 15.8 Å². The van der Waals surface area contributed by atoms with Gasteiger partial charge >= 0.3 is 0 Å². The zero-order valence-electron chi connectivity index (χ0n) is 13.5. The van der Waals surface area contributed by atoms with Crippen molar-refractivity contribution < 1.29 is 18.7 Å². The summed E-state index contributed by atoms with van der Waals surface area (Å²) < 4.78 is 18.2. The smallest absolute Gasteiger partial charge is 0.276 e. The number of fused-ring (bicyclic) bond motifs is 1. The maximum atomic E-state index is 13.0. The second-order valence-electron chi connectivity index (χ2n) is 5.50. The first-order valence-electron chi connectivity index (χ1n) is 7.73. The van der Waals surface area contributed by atoms with Gasteiger partial charge in [-0.1, -0.05) is 29.8 Å². The molecule has 0 radical (unpaired) electrons. The van der Waals surface area contributed by atoms with E-state index in [9.17, 15) is 14.0 Å². The number of hydrogen-bond donors (Lipinski definition) is 3. The molecule has 3 rings (SSSR count). The van der Waals surface area contributed by atoms with Crippen LogP contribution in [0.2, 0.25) is 5.02 Å². The third-order valence-electron chi connectivity index (χ3n) is 3.63. The molecule has 0 saturated heterocycles. The Morgan fingerprint density at radius 3 is 2.69 bits per heavy atom. The van der Waals surface area contributed by atoms with Crippen molar-refractivity contribution in [2.45, 2.75) is 6.42 Å². The fourth-order valence-corrected chi connectivity index (χ4v) is 2.56. The lowest BCUT2D eigenvalue weighted by Crippen LogP contribution is -2.44. The minimum Gasteiger partial charge on any atom is -0.484 e. The molecule has 3 N–H and O–H groups in total. The average molecular weight is 376 g/mol. The van der Waals surface area contributed by atoms with Gasteiger partial charge in [-0.2, -0.15) is 0 Å². The van der Waals surface area contributed by atoms with Crippen LogP contribution < -0.4 is 15.6 Å². The molecule has 0 atom stereocenters. The minimum absolute atomic E-state index is 0.102. The van der Waals surface area contributed by atoms with Crippen LogP contribution in [0.3, 0.4) is 0 Å². The molecule has 8 heteroatoms. The quantitative estimate of drug-likeness (QED) is 0.599. The first-order chi connectivity index (χ1) is 12.5. The van der Waals surface area contributed by atoms with E-state index in [1.807, 2.05) is 24.3 Å². The molecule has 1 heterocycles. The molecule has 0 bridgehead atoms. The number of para-hydroxylation sites is 1. The summed E-state index contributed by atoms with van der Waals surface area (Å²) in [6, 6.07) is 11.4. The van der Waals surface area contributed by atoms with Gasteiger partial charge in [-0.05, 0) is 23.8 Å². The number of rotatable bonds is 5. The van der Waals surface area contributed by atoms with Gasteiger partial charge in [0.15, 0.2) is 6.61 Å². The highest BCUT2D eigenvalue weighted by atomic mass is 35.5. The van der Waals surface area contributed by atoms with Crippen molar-refractivity contribution in [1.29, 1.82) is 0 Å². The fraction of sp³-hybridized carbons (Fsp3) is 0.111. The number of carbonyl (C=O) groups excluding carboxylic acids is 2. The number of H-pyrrole nitrogens is 1. The molecular formula is C18H15ClFN3O3. The minimum atomic E-state index is -0.576. The number of aromatic nitrogens is 1. The Hall–Kier alpha value is -3.06. The van der Waals surface area contributed by atoms with Crippen LogP contribution in [0, 0.1) is 5.82 Å². The lowest BCUT2D eigenvalue weighted by Gasteiger charge is -2.09. The maximum absolute atomic E-state index is 13.0. The average Bonchev–Trinajstić information content (AvgIpc) is 3.04. The second-order valence-corrected chi connectivity index (χ2v) is 5.90. The number of amides is 2. The van der Waals surface area contributed by atoms with E-state index in [0.29, 0.717) is 0 Å². The first kappa shape index (κ1) is 17.8. The molecular weight excluding hydrogens is 361 g/mol. The largest absolute Gasteiger partial charge is 0.484 e. The van der Waals surface area contributed by atoms with Gasteiger partial charge in [0.05, 0.1) is 11.4 Å². The number of benzene rings is 2. The monoisotopic (exact) mass is 375 g/mol. The summed E-state index contributed by atoms with van der Waals surface area (Å²) in [5, 5.41) is 0.848. The molecule has 0 aliphatic carbocycles. The van der Waals surface area contributed by atoms with Crippen LogP contribution in [0.5, 0.6) is 5.75 Å². The summed E-state index contributed by atoms with van der Waals surface area (Å²) in [4.78, 5) is 26.8. The molecule has 0 spiro atoms. The van der Waals surface area contributed by atoms with Gasteiger partial charge in [0.2, 0.25) is 5.91 Å². The van der Waals surface area contributed by atoms with E-state index < -0.39 is 11.7 Å². The van der Waals surface area contributed by atoms with E-state index in [-0.39, 0.29) is 29.7 Å². The number of ether oxygens (including phenoxy) is 1. The molecule has 26 heavy (non-hydrogen) atoms. The summed E-state index contributed by atoms with van der Waals surface area (Å²) in [5.74, 6) is -1.25. The van der Waals surface area contributed by atoms with Gasteiger partial charge in [0.1, 0.15) is 11.6 Å². The Bertz CT molecular complexity index is 958. The SMILES string of the molecule is O=C(COc1ccc(F)c(Cl)c1)NNC(=O)Cc1c[nH]c2ccccc12. The molecule has 1 aromatic heterocycles. The summed E-state index contributed by atoms with van der Waals surface area (Å²) in [7, 11) is 0. The van der Waals surface area contributed by atoms with E-state index in [1.165, 1.54) is 12.1 Å². The van der Waals surface area contributed by atoms with Gasteiger partial charge in [-0.3, -0.25) is 20.4 Å². The number of carbonyl (C=O) groups is 2. The number of aromatic amines is 1. The van der Waals surface area contributed by atoms with E-state index in [1.54, 1.807) is 6.20 Å². The molecule has 2 amide bonds. The first-order valence-corrected chi connectivity index (χ1v) is 8.11. The van der Waals surface area contributed by atoms with E-state index >= 15 is 0 Å². The van der Waals surface area contributed by atoms with Gasteiger partial charge in [0.25, 0.3) is 5.91 Å². The van der Waals surface area contributed by atoms with E-state index in [0.717, 1.165) is 22.5 Å². The zero-order chi connectivity index (χ0) is 18.5. The highest BCUT2D eigenvalue weighted by Crippen LogP contribution is 2.21. The van der Waals surface area contributed by atoms with Crippen molar-refractivity contribution in [3.05, 3.63) is 65.1 Å². The number of hydrazine groups is 1. The lowest BCUT2D eigenvalue weighted by atomic mass is 10.1. The lowest BCUT2D eigenvalue weighted by molar-refractivity contribution is -0.129. The summed E-state index contributed by atoms with van der Waals surface area (Å²) in [6.07, 6.45) is 1.87. The molecule has 134 valence electrons. The van der Waals surface area contributed by atoms with Crippen LogP contribution in [-0.2, 0) is 16.0 Å². The highest BCUT2D eigenvalue weighted by Gasteiger charge is 2.10. The molecule has 0 fully saturated rings. The van der Waals surface area contributed by atoms with Crippen molar-refractivity contribution in [3.63, 3.8) is 0 Å². The predicted molar refractivity (Wildman–Crippen MR) is 95.2 cm³/mol. The third-order valence-corrected chi connectivity index (χ3v) is 3.92. The van der Waals surface area contributed by atoms with Crippen LogP contribution in [0.4, 0.5) is 4.39 Å². The zero-order valence-corrected chi connectivity index (χ0v) is 14.3. The predicted octanol–water partition coefficient (Wildman–Crippen LogP) is 2.73. The highest BCUT2D eigenvalue weighted by molar-refractivity contribution is 6.30.